The van der Waals surface area contributed by atoms with Crippen LogP contribution in [0.3, 0.4) is 0 Å². The van der Waals surface area contributed by atoms with Crippen molar-refractivity contribution in [2.24, 2.45) is 5.84 Å². The summed E-state index contributed by atoms with van der Waals surface area (Å²) in [6.07, 6.45) is 2.21. The third-order valence-corrected chi connectivity index (χ3v) is 3.15. The molecular weight excluding hydrogens is 206 g/mol. The van der Waals surface area contributed by atoms with Crippen LogP contribution in [-0.2, 0) is 9.47 Å². The largest absolute Gasteiger partial charge is 0.385 e. The fourth-order valence-electron chi connectivity index (χ4n) is 2.09. The monoisotopic (exact) mass is 231 g/mol. The van der Waals surface area contributed by atoms with E-state index in [9.17, 15) is 0 Å². The van der Waals surface area contributed by atoms with E-state index in [1.807, 2.05) is 0 Å². The van der Waals surface area contributed by atoms with Crippen LogP contribution >= 0.6 is 0 Å². The number of nitrogens with zero attached hydrogens (tertiary/aromatic N) is 1. The zero-order chi connectivity index (χ0) is 11.8. The quantitative estimate of drug-likeness (QED) is 0.366. The summed E-state index contributed by atoms with van der Waals surface area (Å²) in [7, 11) is 1.72. The average molecular weight is 231 g/mol. The van der Waals surface area contributed by atoms with Crippen LogP contribution in [0, 0.1) is 0 Å². The van der Waals surface area contributed by atoms with Gasteiger partial charge in [-0.15, -0.1) is 0 Å². The van der Waals surface area contributed by atoms with E-state index in [0.717, 1.165) is 45.7 Å². The first-order chi connectivity index (χ1) is 7.81. The van der Waals surface area contributed by atoms with Crippen LogP contribution in [0.1, 0.15) is 19.8 Å². The van der Waals surface area contributed by atoms with Crippen molar-refractivity contribution in [2.45, 2.75) is 31.9 Å². The van der Waals surface area contributed by atoms with Gasteiger partial charge in [-0.2, -0.15) is 0 Å². The van der Waals surface area contributed by atoms with Crippen molar-refractivity contribution >= 4 is 0 Å². The van der Waals surface area contributed by atoms with E-state index in [4.69, 9.17) is 15.3 Å². The van der Waals surface area contributed by atoms with Crippen LogP contribution in [0.2, 0.25) is 0 Å². The Bertz CT molecular complexity index is 181. The van der Waals surface area contributed by atoms with Crippen LogP contribution in [0.4, 0.5) is 0 Å². The Hall–Kier alpha value is -0.200. The summed E-state index contributed by atoms with van der Waals surface area (Å²) in [5.74, 6) is 5.58. The van der Waals surface area contributed by atoms with Gasteiger partial charge in [0, 0.05) is 32.8 Å². The smallest absolute Gasteiger partial charge is 0.0868 e. The summed E-state index contributed by atoms with van der Waals surface area (Å²) >= 11 is 0. The fourth-order valence-corrected chi connectivity index (χ4v) is 2.09. The fraction of sp³-hybridized carbons (Fsp3) is 1.00. The molecule has 2 unspecified atom stereocenters. The molecule has 1 fully saturated rings. The minimum absolute atomic E-state index is 0.204. The summed E-state index contributed by atoms with van der Waals surface area (Å²) in [6.45, 7) is 6.84. The Labute approximate surface area is 98.2 Å². The molecule has 5 nitrogen and oxygen atoms in total. The molecule has 2 atom stereocenters. The molecule has 1 heterocycles. The summed E-state index contributed by atoms with van der Waals surface area (Å²) in [5, 5.41) is 0. The summed E-state index contributed by atoms with van der Waals surface area (Å²) in [6, 6.07) is 0.226. The number of rotatable bonds is 7. The molecule has 16 heavy (non-hydrogen) atoms. The Morgan fingerprint density at radius 1 is 1.62 bits per heavy atom. The molecule has 0 bridgehead atoms. The van der Waals surface area contributed by atoms with Crippen molar-refractivity contribution in [3.63, 3.8) is 0 Å². The minimum atomic E-state index is 0.204. The molecule has 1 rings (SSSR count). The van der Waals surface area contributed by atoms with Crippen LogP contribution in [-0.4, -0.2) is 57.0 Å². The van der Waals surface area contributed by atoms with Crippen LogP contribution in [0.5, 0.6) is 0 Å². The number of methoxy groups -OCH3 is 1. The first-order valence-corrected chi connectivity index (χ1v) is 6.10. The maximum atomic E-state index is 5.77. The average Bonchev–Trinajstić information content (AvgIpc) is 2.35. The maximum Gasteiger partial charge on any atom is 0.0868 e. The Morgan fingerprint density at radius 2 is 2.44 bits per heavy atom. The van der Waals surface area contributed by atoms with Gasteiger partial charge < -0.3 is 9.47 Å². The molecule has 0 aromatic heterocycles. The molecule has 1 aliphatic rings. The molecule has 3 N–H and O–H groups in total. The van der Waals surface area contributed by atoms with Crippen molar-refractivity contribution in [2.75, 3.05) is 40.0 Å². The molecule has 0 saturated carbocycles. The zero-order valence-corrected chi connectivity index (χ0v) is 10.4. The Morgan fingerprint density at radius 3 is 3.06 bits per heavy atom. The van der Waals surface area contributed by atoms with Crippen LogP contribution < -0.4 is 11.3 Å². The van der Waals surface area contributed by atoms with E-state index in [1.165, 1.54) is 0 Å². The predicted octanol–water partition coefficient (Wildman–Crippen LogP) is -0.0344. The highest BCUT2D eigenvalue weighted by Gasteiger charge is 2.26. The molecule has 0 aromatic rings. The normalized spacial score (nSPS) is 24.6. The van der Waals surface area contributed by atoms with Gasteiger partial charge in [-0.3, -0.25) is 16.2 Å². The molecular formula is C11H25N3O2. The van der Waals surface area contributed by atoms with Crippen LogP contribution in [0.15, 0.2) is 0 Å². The minimum Gasteiger partial charge on any atom is -0.385 e. The van der Waals surface area contributed by atoms with Crippen molar-refractivity contribution in [1.29, 1.82) is 0 Å². The molecule has 0 radical (unpaired) electrons. The highest BCUT2D eigenvalue weighted by Crippen LogP contribution is 2.12. The van der Waals surface area contributed by atoms with Gasteiger partial charge in [0.2, 0.25) is 0 Å². The predicted molar refractivity (Wildman–Crippen MR) is 64.1 cm³/mol. The highest BCUT2D eigenvalue weighted by atomic mass is 16.5. The Balaban J connectivity index is 2.32. The number of nitrogens with one attached hydrogen (secondary N) is 1. The molecule has 0 amide bonds. The van der Waals surface area contributed by atoms with Crippen molar-refractivity contribution in [3.05, 3.63) is 0 Å². The second kappa shape index (κ2) is 7.97. The number of hydrazine groups is 1. The number of likely N-dealkylation sites (N-methyl/N-ethyl adjacent to an activating group) is 1. The SMILES string of the molecule is CCN1CCOC(C(CCCOC)NN)C1. The molecule has 1 aliphatic heterocycles. The maximum absolute atomic E-state index is 5.77. The topological polar surface area (TPSA) is 59.8 Å². The first-order valence-electron chi connectivity index (χ1n) is 6.10. The summed E-state index contributed by atoms with van der Waals surface area (Å²) < 4.78 is 10.8. The highest BCUT2D eigenvalue weighted by molar-refractivity contribution is 4.81. The van der Waals surface area contributed by atoms with Gasteiger partial charge in [-0.05, 0) is 19.4 Å². The van der Waals surface area contributed by atoms with Crippen molar-refractivity contribution < 1.29 is 9.47 Å². The van der Waals surface area contributed by atoms with Crippen LogP contribution in [0.25, 0.3) is 0 Å². The zero-order valence-electron chi connectivity index (χ0n) is 10.4. The van der Waals surface area contributed by atoms with Gasteiger partial charge in [-0.1, -0.05) is 6.92 Å². The van der Waals surface area contributed by atoms with Gasteiger partial charge in [0.1, 0.15) is 0 Å². The molecule has 0 aliphatic carbocycles. The lowest BCUT2D eigenvalue weighted by molar-refractivity contribution is -0.0471. The lowest BCUT2D eigenvalue weighted by atomic mass is 10.0. The van der Waals surface area contributed by atoms with E-state index in [2.05, 4.69) is 17.2 Å². The molecule has 1 saturated heterocycles. The number of ether oxygens (including phenoxy) is 2. The third kappa shape index (κ3) is 4.35. The molecule has 0 spiro atoms. The summed E-state index contributed by atoms with van der Waals surface area (Å²) in [4.78, 5) is 2.40. The van der Waals surface area contributed by atoms with Gasteiger partial charge in [-0.25, -0.2) is 0 Å². The van der Waals surface area contributed by atoms with Crippen molar-refractivity contribution in [1.82, 2.24) is 10.3 Å². The van der Waals surface area contributed by atoms with Gasteiger partial charge >= 0.3 is 0 Å². The lowest BCUT2D eigenvalue weighted by Crippen LogP contribution is -2.53. The second-order valence-electron chi connectivity index (χ2n) is 4.21. The van der Waals surface area contributed by atoms with Crippen molar-refractivity contribution in [3.8, 4) is 0 Å². The lowest BCUT2D eigenvalue weighted by Gasteiger charge is -2.36. The number of morpholine rings is 1. The van der Waals surface area contributed by atoms with Gasteiger partial charge in [0.15, 0.2) is 0 Å². The molecule has 5 heteroatoms. The third-order valence-electron chi connectivity index (χ3n) is 3.15. The number of hydrogen-bond donors (Lipinski definition) is 2. The van der Waals surface area contributed by atoms with E-state index in [1.54, 1.807) is 7.11 Å². The number of hydrogen-bond acceptors (Lipinski definition) is 5. The second-order valence-corrected chi connectivity index (χ2v) is 4.21. The first kappa shape index (κ1) is 13.9. The molecule has 0 aromatic carbocycles. The standard InChI is InChI=1S/C11H25N3O2/c1-3-14-6-8-16-11(9-14)10(13-12)5-4-7-15-2/h10-11,13H,3-9,12H2,1-2H3. The van der Waals surface area contributed by atoms with E-state index in [0.29, 0.717) is 0 Å². The number of nitrogens with two attached hydrogens (primary N) is 1. The van der Waals surface area contributed by atoms with Gasteiger partial charge in [0.05, 0.1) is 12.7 Å². The van der Waals surface area contributed by atoms with Gasteiger partial charge in [0.25, 0.3) is 0 Å². The Kier molecular flexibility index (Phi) is 6.91. The van der Waals surface area contributed by atoms with E-state index < -0.39 is 0 Å². The molecule has 96 valence electrons. The van der Waals surface area contributed by atoms with E-state index in [-0.39, 0.29) is 12.1 Å². The summed E-state index contributed by atoms with van der Waals surface area (Å²) in [5.41, 5.74) is 2.87. The van der Waals surface area contributed by atoms with E-state index >= 15 is 0 Å².